The summed E-state index contributed by atoms with van der Waals surface area (Å²) >= 11 is 0. The van der Waals surface area contributed by atoms with Crippen LogP contribution in [0, 0.1) is 17.3 Å². The molecular weight excluding hydrogens is 486 g/mol. The van der Waals surface area contributed by atoms with Crippen LogP contribution in [0.2, 0.25) is 0 Å². The van der Waals surface area contributed by atoms with Crippen molar-refractivity contribution in [2.45, 2.75) is 59.8 Å². The summed E-state index contributed by atoms with van der Waals surface area (Å²) in [6.45, 7) is 11.1. The van der Waals surface area contributed by atoms with Gasteiger partial charge in [0.2, 0.25) is 11.8 Å². The van der Waals surface area contributed by atoms with E-state index in [9.17, 15) is 9.59 Å². The highest BCUT2D eigenvalue weighted by molar-refractivity contribution is 5.89. The number of para-hydroxylation sites is 1. The fraction of sp³-hybridized carbons (Fsp3) is 0.607. The molecule has 10 nitrogen and oxygen atoms in total. The molecule has 0 fully saturated rings. The van der Waals surface area contributed by atoms with Crippen LogP contribution in [0.4, 0.5) is 0 Å². The Morgan fingerprint density at radius 3 is 2.45 bits per heavy atom. The van der Waals surface area contributed by atoms with E-state index in [0.717, 1.165) is 16.5 Å². The lowest BCUT2D eigenvalue weighted by atomic mass is 9.84. The molecule has 212 valence electrons. The highest BCUT2D eigenvalue weighted by Crippen LogP contribution is 2.25. The number of amides is 2. The summed E-state index contributed by atoms with van der Waals surface area (Å²) < 4.78 is 6.26. The maximum absolute atomic E-state index is 13.7. The second-order valence-corrected chi connectivity index (χ2v) is 11.4. The minimum Gasteiger partial charge on any atom is -0.370 e. The SMILES string of the molecule is CC(C)CC(C(=O)NC(C(=O)NCCN(C)C)C(C)(C)C)C(CONO)OCc1cccc2cccnc12. The molecule has 38 heavy (non-hydrogen) atoms. The first-order valence-corrected chi connectivity index (χ1v) is 13.1. The van der Waals surface area contributed by atoms with Crippen molar-refractivity contribution >= 4 is 22.7 Å². The summed E-state index contributed by atoms with van der Waals surface area (Å²) in [4.78, 5) is 38.3. The maximum Gasteiger partial charge on any atom is 0.243 e. The van der Waals surface area contributed by atoms with Crippen LogP contribution in [-0.2, 0) is 25.8 Å². The standard InChI is InChI=1S/C28H45N5O5/c1-19(2)16-22(26(34)31-25(28(3,4)5)27(35)30-14-15-33(6)7)23(18-38-32-36)37-17-21-11-8-10-20-12-9-13-29-24(20)21/h8-13,19,22-23,25,32,36H,14-18H2,1-7H3,(H,30,35)(H,31,34). The molecule has 0 aliphatic rings. The molecule has 2 aromatic rings. The highest BCUT2D eigenvalue weighted by atomic mass is 16.8. The first-order chi connectivity index (χ1) is 17.9. The number of benzene rings is 1. The van der Waals surface area contributed by atoms with E-state index in [1.807, 2.05) is 83.9 Å². The molecule has 2 amide bonds. The van der Waals surface area contributed by atoms with Crippen molar-refractivity contribution in [2.75, 3.05) is 33.8 Å². The van der Waals surface area contributed by atoms with Crippen LogP contribution in [0.15, 0.2) is 36.5 Å². The number of rotatable bonds is 15. The fourth-order valence-electron chi connectivity index (χ4n) is 4.25. The molecule has 1 aromatic heterocycles. The Morgan fingerprint density at radius 2 is 1.82 bits per heavy atom. The van der Waals surface area contributed by atoms with Crippen LogP contribution in [0.3, 0.4) is 0 Å². The number of fused-ring (bicyclic) bond motifs is 1. The third-order valence-corrected chi connectivity index (χ3v) is 6.27. The summed E-state index contributed by atoms with van der Waals surface area (Å²) in [5, 5.41) is 16.0. The quantitative estimate of drug-likeness (QED) is 0.259. The molecule has 3 atom stereocenters. The lowest BCUT2D eigenvalue weighted by Gasteiger charge is -2.34. The van der Waals surface area contributed by atoms with Crippen molar-refractivity contribution in [1.29, 1.82) is 0 Å². The lowest BCUT2D eigenvalue weighted by molar-refractivity contribution is -0.170. The van der Waals surface area contributed by atoms with E-state index in [-0.39, 0.29) is 30.9 Å². The number of likely N-dealkylation sites (N-methyl/N-ethyl adjacent to an activating group) is 1. The normalized spacial score (nSPS) is 14.5. The lowest BCUT2D eigenvalue weighted by Crippen LogP contribution is -2.56. The third-order valence-electron chi connectivity index (χ3n) is 6.27. The van der Waals surface area contributed by atoms with Gasteiger partial charge in [-0.15, -0.1) is 0 Å². The molecule has 10 heteroatoms. The van der Waals surface area contributed by atoms with Gasteiger partial charge in [0, 0.05) is 30.2 Å². The van der Waals surface area contributed by atoms with E-state index in [0.29, 0.717) is 19.5 Å². The van der Waals surface area contributed by atoms with Gasteiger partial charge >= 0.3 is 0 Å². The number of hydrogen-bond acceptors (Lipinski definition) is 8. The molecule has 0 spiro atoms. The van der Waals surface area contributed by atoms with Crippen molar-refractivity contribution in [2.24, 2.45) is 17.3 Å². The minimum absolute atomic E-state index is 0.0747. The Kier molecular flexibility index (Phi) is 12.5. The Morgan fingerprint density at radius 1 is 1.11 bits per heavy atom. The summed E-state index contributed by atoms with van der Waals surface area (Å²) in [6.07, 6.45) is 1.53. The zero-order valence-electron chi connectivity index (χ0n) is 23.8. The van der Waals surface area contributed by atoms with E-state index in [4.69, 9.17) is 14.8 Å². The van der Waals surface area contributed by atoms with Gasteiger partial charge in [-0.1, -0.05) is 64.5 Å². The smallest absolute Gasteiger partial charge is 0.243 e. The molecule has 2 rings (SSSR count). The number of carbonyl (C=O) groups is 2. The van der Waals surface area contributed by atoms with E-state index in [1.54, 1.807) is 11.8 Å². The van der Waals surface area contributed by atoms with Gasteiger partial charge in [-0.3, -0.25) is 24.6 Å². The number of nitrogens with zero attached hydrogens (tertiary/aromatic N) is 2. The third kappa shape index (κ3) is 9.92. The zero-order valence-corrected chi connectivity index (χ0v) is 23.8. The largest absolute Gasteiger partial charge is 0.370 e. The second kappa shape index (κ2) is 15.1. The monoisotopic (exact) mass is 531 g/mol. The molecule has 0 saturated carbocycles. The van der Waals surface area contributed by atoms with E-state index < -0.39 is 23.5 Å². The predicted molar refractivity (Wildman–Crippen MR) is 147 cm³/mol. The van der Waals surface area contributed by atoms with Gasteiger partial charge in [-0.05, 0) is 37.9 Å². The Bertz CT molecular complexity index is 1020. The average molecular weight is 532 g/mol. The molecule has 0 aliphatic heterocycles. The summed E-state index contributed by atoms with van der Waals surface area (Å²) in [7, 11) is 3.87. The van der Waals surface area contributed by atoms with E-state index >= 15 is 0 Å². The van der Waals surface area contributed by atoms with Crippen LogP contribution in [-0.4, -0.2) is 72.8 Å². The molecule has 1 heterocycles. The van der Waals surface area contributed by atoms with Crippen molar-refractivity contribution in [3.05, 3.63) is 42.1 Å². The first-order valence-electron chi connectivity index (χ1n) is 13.1. The predicted octanol–water partition coefficient (Wildman–Crippen LogP) is 2.90. The maximum atomic E-state index is 13.7. The van der Waals surface area contributed by atoms with Gasteiger partial charge in [0.25, 0.3) is 0 Å². The topological polar surface area (TPSA) is 125 Å². The van der Waals surface area contributed by atoms with Crippen molar-refractivity contribution in [3.63, 3.8) is 0 Å². The van der Waals surface area contributed by atoms with E-state index in [1.165, 1.54) is 0 Å². The highest BCUT2D eigenvalue weighted by Gasteiger charge is 2.37. The van der Waals surface area contributed by atoms with Crippen molar-refractivity contribution < 1.29 is 24.4 Å². The number of aromatic nitrogens is 1. The average Bonchev–Trinajstić information content (AvgIpc) is 2.85. The number of pyridine rings is 1. The van der Waals surface area contributed by atoms with Crippen molar-refractivity contribution in [1.82, 2.24) is 26.2 Å². The minimum atomic E-state index is -0.744. The van der Waals surface area contributed by atoms with Crippen LogP contribution in [0.5, 0.6) is 0 Å². The van der Waals surface area contributed by atoms with Crippen LogP contribution in [0.1, 0.15) is 46.6 Å². The van der Waals surface area contributed by atoms with Crippen LogP contribution >= 0.6 is 0 Å². The Hall–Kier alpha value is -2.63. The molecule has 0 bridgehead atoms. The van der Waals surface area contributed by atoms with Crippen molar-refractivity contribution in [3.8, 4) is 0 Å². The van der Waals surface area contributed by atoms with Crippen LogP contribution < -0.4 is 16.3 Å². The van der Waals surface area contributed by atoms with Gasteiger partial charge in [0.05, 0.1) is 30.8 Å². The molecule has 4 N–H and O–H groups in total. The molecule has 0 radical (unpaired) electrons. The van der Waals surface area contributed by atoms with E-state index in [2.05, 4.69) is 15.6 Å². The number of nitrogens with one attached hydrogen (secondary N) is 3. The van der Waals surface area contributed by atoms with Gasteiger partial charge in [-0.2, -0.15) is 0 Å². The number of ether oxygens (including phenoxy) is 1. The molecule has 0 saturated heterocycles. The van der Waals surface area contributed by atoms with Gasteiger partial charge < -0.3 is 20.3 Å². The summed E-state index contributed by atoms with van der Waals surface area (Å²) in [6, 6.07) is 8.96. The van der Waals surface area contributed by atoms with Gasteiger partial charge in [0.1, 0.15) is 6.04 Å². The molecule has 1 aromatic carbocycles. The zero-order chi connectivity index (χ0) is 28.3. The summed E-state index contributed by atoms with van der Waals surface area (Å²) in [5.41, 5.74) is 2.87. The number of hydrogen-bond donors (Lipinski definition) is 4. The molecule has 3 unspecified atom stereocenters. The Balaban J connectivity index is 2.26. The number of carbonyl (C=O) groups excluding carboxylic acids is 2. The Labute approximate surface area is 226 Å². The first kappa shape index (κ1) is 31.6. The van der Waals surface area contributed by atoms with Gasteiger partial charge in [0.15, 0.2) is 0 Å². The molecular formula is C28H45N5O5. The molecule has 0 aliphatic carbocycles. The summed E-state index contributed by atoms with van der Waals surface area (Å²) in [5.74, 6) is -1.00. The fourth-order valence-corrected chi connectivity index (χ4v) is 4.25. The second-order valence-electron chi connectivity index (χ2n) is 11.4. The van der Waals surface area contributed by atoms with Crippen LogP contribution in [0.25, 0.3) is 10.9 Å². The van der Waals surface area contributed by atoms with Gasteiger partial charge in [-0.25, -0.2) is 0 Å².